The summed E-state index contributed by atoms with van der Waals surface area (Å²) in [5.74, 6) is 0.0746. The SMILES string of the molecule is O=C1Cc2cc(C(Br)c3sccc3Br)ccc2N1. The quantitative estimate of drug-likeness (QED) is 0.757. The Hall–Kier alpha value is -0.650. The second-order valence-corrected chi connectivity index (χ2v) is 6.85. The molecule has 2 aromatic rings. The van der Waals surface area contributed by atoms with Gasteiger partial charge in [0.05, 0.1) is 11.2 Å². The van der Waals surface area contributed by atoms with E-state index >= 15 is 0 Å². The van der Waals surface area contributed by atoms with Gasteiger partial charge in [-0.25, -0.2) is 0 Å². The number of fused-ring (bicyclic) bond motifs is 1. The van der Waals surface area contributed by atoms with Gasteiger partial charge >= 0.3 is 0 Å². The monoisotopic (exact) mass is 385 g/mol. The third-order valence-electron chi connectivity index (χ3n) is 2.92. The largest absolute Gasteiger partial charge is 0.326 e. The summed E-state index contributed by atoms with van der Waals surface area (Å²) in [7, 11) is 0. The van der Waals surface area contributed by atoms with Gasteiger partial charge in [-0.1, -0.05) is 28.1 Å². The van der Waals surface area contributed by atoms with Gasteiger partial charge in [-0.3, -0.25) is 4.79 Å². The molecule has 0 saturated carbocycles. The molecule has 1 unspecified atom stereocenters. The van der Waals surface area contributed by atoms with Gasteiger partial charge in [0.15, 0.2) is 0 Å². The maximum atomic E-state index is 11.3. The van der Waals surface area contributed by atoms with E-state index in [1.165, 1.54) is 10.4 Å². The van der Waals surface area contributed by atoms with E-state index in [0.29, 0.717) is 6.42 Å². The lowest BCUT2D eigenvalue weighted by Gasteiger charge is -2.10. The fourth-order valence-electron chi connectivity index (χ4n) is 2.04. The lowest BCUT2D eigenvalue weighted by Crippen LogP contribution is -2.03. The Labute approximate surface area is 126 Å². The zero-order valence-electron chi connectivity index (χ0n) is 9.24. The van der Waals surface area contributed by atoms with Crippen molar-refractivity contribution in [1.29, 1.82) is 0 Å². The molecule has 1 atom stereocenters. The zero-order chi connectivity index (χ0) is 12.7. The first-order valence-electron chi connectivity index (χ1n) is 5.45. The highest BCUT2D eigenvalue weighted by Crippen LogP contribution is 2.40. The molecule has 0 spiro atoms. The molecule has 1 N–H and O–H groups in total. The molecule has 0 fully saturated rings. The molecule has 1 aliphatic rings. The lowest BCUT2D eigenvalue weighted by atomic mass is 10.1. The minimum atomic E-state index is 0.0746. The molecule has 0 saturated heterocycles. The van der Waals surface area contributed by atoms with Crippen molar-refractivity contribution in [2.24, 2.45) is 0 Å². The molecule has 3 rings (SSSR count). The number of carbonyl (C=O) groups excluding carboxylic acids is 1. The van der Waals surface area contributed by atoms with E-state index in [1.807, 2.05) is 12.1 Å². The van der Waals surface area contributed by atoms with Crippen LogP contribution in [0.3, 0.4) is 0 Å². The second kappa shape index (κ2) is 4.79. The number of carbonyl (C=O) groups is 1. The molecule has 5 heteroatoms. The van der Waals surface area contributed by atoms with E-state index < -0.39 is 0 Å². The Morgan fingerprint density at radius 1 is 1.33 bits per heavy atom. The van der Waals surface area contributed by atoms with Crippen molar-refractivity contribution in [1.82, 2.24) is 0 Å². The van der Waals surface area contributed by atoms with Crippen LogP contribution in [-0.2, 0) is 11.2 Å². The summed E-state index contributed by atoms with van der Waals surface area (Å²) in [6, 6.07) is 8.17. The van der Waals surface area contributed by atoms with Gasteiger partial charge in [0.2, 0.25) is 5.91 Å². The summed E-state index contributed by atoms with van der Waals surface area (Å²) in [5.41, 5.74) is 3.19. The molecule has 1 aromatic carbocycles. The van der Waals surface area contributed by atoms with Gasteiger partial charge in [-0.15, -0.1) is 11.3 Å². The van der Waals surface area contributed by atoms with Crippen molar-refractivity contribution in [2.45, 2.75) is 11.2 Å². The van der Waals surface area contributed by atoms with Gasteiger partial charge in [0.1, 0.15) is 0 Å². The van der Waals surface area contributed by atoms with Crippen LogP contribution in [0.15, 0.2) is 34.1 Å². The van der Waals surface area contributed by atoms with Gasteiger partial charge in [-0.2, -0.15) is 0 Å². The van der Waals surface area contributed by atoms with Gasteiger partial charge in [0.25, 0.3) is 0 Å². The van der Waals surface area contributed by atoms with Crippen LogP contribution in [-0.4, -0.2) is 5.91 Å². The number of halogens is 2. The number of thiophene rings is 1. The van der Waals surface area contributed by atoms with E-state index in [2.05, 4.69) is 54.7 Å². The minimum Gasteiger partial charge on any atom is -0.326 e. The van der Waals surface area contributed by atoms with Crippen LogP contribution in [0.2, 0.25) is 0 Å². The van der Waals surface area contributed by atoms with Crippen LogP contribution < -0.4 is 5.32 Å². The van der Waals surface area contributed by atoms with Gasteiger partial charge in [-0.05, 0) is 44.6 Å². The summed E-state index contributed by atoms with van der Waals surface area (Å²) in [6.45, 7) is 0. The molecule has 18 heavy (non-hydrogen) atoms. The van der Waals surface area contributed by atoms with Crippen LogP contribution in [0.5, 0.6) is 0 Å². The minimum absolute atomic E-state index is 0.0746. The van der Waals surface area contributed by atoms with Crippen molar-refractivity contribution < 1.29 is 4.79 Å². The van der Waals surface area contributed by atoms with Crippen molar-refractivity contribution in [3.63, 3.8) is 0 Å². The number of nitrogens with one attached hydrogen (secondary N) is 1. The Balaban J connectivity index is 1.97. The molecule has 2 heterocycles. The van der Waals surface area contributed by atoms with Gasteiger partial charge in [0, 0.05) is 15.0 Å². The second-order valence-electron chi connectivity index (χ2n) is 4.14. The van der Waals surface area contributed by atoms with Crippen LogP contribution in [0.4, 0.5) is 5.69 Å². The molecule has 2 nitrogen and oxygen atoms in total. The number of alkyl halides is 1. The predicted octanol–water partition coefficient (Wildman–Crippen LogP) is 4.49. The van der Waals surface area contributed by atoms with Crippen LogP contribution in [0.1, 0.15) is 20.8 Å². The van der Waals surface area contributed by atoms with E-state index in [9.17, 15) is 4.79 Å². The summed E-state index contributed by atoms with van der Waals surface area (Å²) in [4.78, 5) is 12.7. The summed E-state index contributed by atoms with van der Waals surface area (Å²) in [6.07, 6.45) is 0.481. The average Bonchev–Trinajstić information content (AvgIpc) is 2.91. The smallest absolute Gasteiger partial charge is 0.228 e. The highest BCUT2D eigenvalue weighted by atomic mass is 79.9. The summed E-state index contributed by atoms with van der Waals surface area (Å²) in [5, 5.41) is 4.91. The Morgan fingerprint density at radius 2 is 2.17 bits per heavy atom. The maximum absolute atomic E-state index is 11.3. The third kappa shape index (κ3) is 2.15. The highest BCUT2D eigenvalue weighted by Gasteiger charge is 2.21. The fourth-order valence-corrected chi connectivity index (χ4v) is 4.81. The zero-order valence-corrected chi connectivity index (χ0v) is 13.2. The number of rotatable bonds is 2. The number of anilines is 1. The maximum Gasteiger partial charge on any atom is 0.228 e. The molecule has 1 aromatic heterocycles. The predicted molar refractivity (Wildman–Crippen MR) is 81.6 cm³/mol. The molecule has 1 amide bonds. The Bertz CT molecular complexity index is 623. The number of hydrogen-bond acceptors (Lipinski definition) is 2. The van der Waals surface area contributed by atoms with Crippen molar-refractivity contribution in [3.8, 4) is 0 Å². The number of amides is 1. The van der Waals surface area contributed by atoms with E-state index in [4.69, 9.17) is 0 Å². The van der Waals surface area contributed by atoms with Crippen LogP contribution >= 0.6 is 43.2 Å². The van der Waals surface area contributed by atoms with E-state index in [1.54, 1.807) is 11.3 Å². The highest BCUT2D eigenvalue weighted by molar-refractivity contribution is 9.11. The molecule has 92 valence electrons. The van der Waals surface area contributed by atoms with E-state index in [-0.39, 0.29) is 10.7 Å². The first kappa shape index (κ1) is 12.4. The number of benzene rings is 1. The van der Waals surface area contributed by atoms with Crippen LogP contribution in [0, 0.1) is 0 Å². The molecule has 0 aliphatic carbocycles. The summed E-state index contributed by atoms with van der Waals surface area (Å²) >= 11 is 8.98. The fraction of sp³-hybridized carbons (Fsp3) is 0.154. The molecule has 0 bridgehead atoms. The normalized spacial score (nSPS) is 15.3. The van der Waals surface area contributed by atoms with Crippen molar-refractivity contribution in [3.05, 3.63) is 50.1 Å². The molecule has 1 aliphatic heterocycles. The molecular weight excluding hydrogens is 378 g/mol. The first-order chi connectivity index (χ1) is 8.65. The standard InChI is InChI=1S/C13H9Br2NOS/c14-9-3-4-18-13(9)12(15)7-1-2-10-8(5-7)6-11(17)16-10/h1-5,12H,6H2,(H,16,17). The van der Waals surface area contributed by atoms with E-state index in [0.717, 1.165) is 15.7 Å². The lowest BCUT2D eigenvalue weighted by molar-refractivity contribution is -0.115. The Morgan fingerprint density at radius 3 is 2.89 bits per heavy atom. The Kier molecular flexibility index (Phi) is 3.30. The number of hydrogen-bond donors (Lipinski definition) is 1. The molecular formula is C13H9Br2NOS. The average molecular weight is 387 g/mol. The van der Waals surface area contributed by atoms with Crippen molar-refractivity contribution >= 4 is 54.8 Å². The topological polar surface area (TPSA) is 29.1 Å². The van der Waals surface area contributed by atoms with Crippen molar-refractivity contribution in [2.75, 3.05) is 5.32 Å². The van der Waals surface area contributed by atoms with Crippen LogP contribution in [0.25, 0.3) is 0 Å². The van der Waals surface area contributed by atoms with Gasteiger partial charge < -0.3 is 5.32 Å². The third-order valence-corrected chi connectivity index (χ3v) is 6.15. The molecule has 0 radical (unpaired) electrons. The summed E-state index contributed by atoms with van der Waals surface area (Å²) < 4.78 is 1.11. The first-order valence-corrected chi connectivity index (χ1v) is 8.03.